The summed E-state index contributed by atoms with van der Waals surface area (Å²) in [5.41, 5.74) is 21.1. The van der Waals surface area contributed by atoms with Gasteiger partial charge in [0.25, 0.3) is 0 Å². The van der Waals surface area contributed by atoms with Crippen molar-refractivity contribution in [2.75, 3.05) is 0 Å². The summed E-state index contributed by atoms with van der Waals surface area (Å²) in [6.07, 6.45) is 1.88. The summed E-state index contributed by atoms with van der Waals surface area (Å²) in [6.45, 7) is 4.23. The first-order valence-electron chi connectivity index (χ1n) is 21.6. The van der Waals surface area contributed by atoms with Gasteiger partial charge >= 0.3 is 0 Å². The van der Waals surface area contributed by atoms with Crippen LogP contribution in [-0.2, 0) is 5.41 Å². The van der Waals surface area contributed by atoms with Crippen molar-refractivity contribution in [3.63, 3.8) is 0 Å². The van der Waals surface area contributed by atoms with E-state index in [9.17, 15) is 0 Å². The second-order valence-corrected chi connectivity index (χ2v) is 16.4. The number of hydrogen-bond acceptors (Lipinski definition) is 3. The molecule has 1 aliphatic rings. The van der Waals surface area contributed by atoms with E-state index in [-0.39, 0.29) is 0 Å². The van der Waals surface area contributed by atoms with Gasteiger partial charge in [0.2, 0.25) is 0 Å². The maximum Gasteiger partial charge on any atom is 0.160 e. The van der Waals surface area contributed by atoms with Gasteiger partial charge in [0.1, 0.15) is 0 Å². The average Bonchev–Trinajstić information content (AvgIpc) is 3.65. The van der Waals surface area contributed by atoms with Crippen LogP contribution in [0, 0.1) is 13.8 Å². The number of hydrogen-bond donors (Lipinski definition) is 0. The molecule has 0 fully saturated rings. The molecule has 0 N–H and O–H groups in total. The van der Waals surface area contributed by atoms with E-state index < -0.39 is 5.41 Å². The molecule has 3 heteroatoms. The van der Waals surface area contributed by atoms with Gasteiger partial charge in [-0.15, -0.1) is 0 Å². The molecule has 11 rings (SSSR count). The van der Waals surface area contributed by atoms with Crippen molar-refractivity contribution in [2.45, 2.75) is 19.3 Å². The van der Waals surface area contributed by atoms with E-state index in [1.165, 1.54) is 66.8 Å². The molecule has 1 atom stereocenters. The Bertz CT molecular complexity index is 3230. The zero-order valence-corrected chi connectivity index (χ0v) is 35.2. The Hall–Kier alpha value is -8.01. The number of rotatable bonds is 8. The van der Waals surface area contributed by atoms with Crippen molar-refractivity contribution >= 4 is 0 Å². The maximum atomic E-state index is 5.29. The first-order valence-corrected chi connectivity index (χ1v) is 21.6. The van der Waals surface area contributed by atoms with E-state index in [0.29, 0.717) is 5.82 Å². The zero-order chi connectivity index (χ0) is 42.3. The number of nitrogens with zero attached hydrogens (tertiary/aromatic N) is 3. The van der Waals surface area contributed by atoms with Gasteiger partial charge in [0.05, 0.1) is 16.8 Å². The molecule has 0 amide bonds. The molecule has 0 spiro atoms. The maximum absolute atomic E-state index is 5.29. The monoisotopic (exact) mass is 805 g/mol. The molecular formula is C60H43N3. The smallest absolute Gasteiger partial charge is 0.160 e. The standard InChI is InChI=1S/C60H43N3/c1-40-36-37-61-41(2)58(40)47-26-22-44(23-27-47)45-30-33-51(34-31-45)60(50-18-10-5-11-19-50)54-21-13-12-20-52(54)53-38-49(32-35-55(53)60)57-39-56(46-16-8-4-9-17-46)62-59(63-57)48-28-24-43(25-29-48)42-14-6-3-7-15-42/h3-39H,1-2H3. The third-order valence-corrected chi connectivity index (χ3v) is 12.8. The Labute approximate surface area is 369 Å². The molecule has 0 aliphatic heterocycles. The average molecular weight is 806 g/mol. The zero-order valence-electron chi connectivity index (χ0n) is 35.2. The highest BCUT2D eigenvalue weighted by Crippen LogP contribution is 2.56. The van der Waals surface area contributed by atoms with Crippen LogP contribution in [0.25, 0.3) is 78.4 Å². The van der Waals surface area contributed by atoms with E-state index >= 15 is 0 Å². The molecule has 0 saturated carbocycles. The highest BCUT2D eigenvalue weighted by molar-refractivity contribution is 5.89. The minimum atomic E-state index is -0.532. The lowest BCUT2D eigenvalue weighted by Gasteiger charge is -2.34. The molecule has 8 aromatic carbocycles. The number of fused-ring (bicyclic) bond motifs is 3. The van der Waals surface area contributed by atoms with Gasteiger partial charge in [-0.05, 0) is 98.8 Å². The van der Waals surface area contributed by atoms with Gasteiger partial charge < -0.3 is 0 Å². The van der Waals surface area contributed by atoms with E-state index in [1.807, 2.05) is 18.3 Å². The van der Waals surface area contributed by atoms with Crippen molar-refractivity contribution in [2.24, 2.45) is 0 Å². The molecule has 0 radical (unpaired) electrons. The van der Waals surface area contributed by atoms with Crippen LogP contribution in [0.1, 0.15) is 33.5 Å². The van der Waals surface area contributed by atoms with Crippen LogP contribution in [0.2, 0.25) is 0 Å². The van der Waals surface area contributed by atoms with Crippen LogP contribution in [0.3, 0.4) is 0 Å². The topological polar surface area (TPSA) is 38.7 Å². The Morgan fingerprint density at radius 1 is 0.349 bits per heavy atom. The molecule has 63 heavy (non-hydrogen) atoms. The molecule has 2 heterocycles. The first kappa shape index (κ1) is 38.0. The van der Waals surface area contributed by atoms with E-state index in [0.717, 1.165) is 39.3 Å². The lowest BCUT2D eigenvalue weighted by atomic mass is 9.67. The van der Waals surface area contributed by atoms with Crippen LogP contribution in [0.4, 0.5) is 0 Å². The summed E-state index contributed by atoms with van der Waals surface area (Å²) in [7, 11) is 0. The van der Waals surface area contributed by atoms with E-state index in [4.69, 9.17) is 9.97 Å². The third-order valence-electron chi connectivity index (χ3n) is 12.8. The highest BCUT2D eigenvalue weighted by Gasteiger charge is 2.46. The predicted molar refractivity (Wildman–Crippen MR) is 259 cm³/mol. The van der Waals surface area contributed by atoms with Crippen LogP contribution < -0.4 is 0 Å². The Morgan fingerprint density at radius 2 is 0.825 bits per heavy atom. The van der Waals surface area contributed by atoms with Crippen molar-refractivity contribution in [1.82, 2.24) is 15.0 Å². The number of aromatic nitrogens is 3. The van der Waals surface area contributed by atoms with Gasteiger partial charge in [0.15, 0.2) is 5.82 Å². The fraction of sp³-hybridized carbons (Fsp3) is 0.0500. The summed E-state index contributed by atoms with van der Waals surface area (Å²) >= 11 is 0. The summed E-state index contributed by atoms with van der Waals surface area (Å²) in [4.78, 5) is 15.0. The van der Waals surface area contributed by atoms with E-state index in [1.54, 1.807) is 0 Å². The van der Waals surface area contributed by atoms with Gasteiger partial charge in [0, 0.05) is 34.1 Å². The van der Waals surface area contributed by atoms with Gasteiger partial charge in [-0.2, -0.15) is 0 Å². The fourth-order valence-electron chi connectivity index (χ4n) is 9.72. The third kappa shape index (κ3) is 6.66. The van der Waals surface area contributed by atoms with Gasteiger partial charge in [-0.3, -0.25) is 4.98 Å². The van der Waals surface area contributed by atoms with Crippen LogP contribution >= 0.6 is 0 Å². The summed E-state index contributed by atoms with van der Waals surface area (Å²) in [5, 5.41) is 0. The molecule has 298 valence electrons. The molecule has 0 bridgehead atoms. The van der Waals surface area contributed by atoms with Crippen molar-refractivity contribution in [1.29, 1.82) is 0 Å². The first-order chi connectivity index (χ1) is 31.0. The van der Waals surface area contributed by atoms with Crippen LogP contribution in [-0.4, -0.2) is 15.0 Å². The summed E-state index contributed by atoms with van der Waals surface area (Å²) in [5.74, 6) is 0.697. The number of aryl methyl sites for hydroxylation is 2. The SMILES string of the molecule is Cc1ccnc(C)c1-c1ccc(-c2ccc(C3(c4ccccc4)c4ccccc4-c4cc(-c5cc(-c6ccccc6)nc(-c6ccc(-c7ccccc7)cc6)n5)ccc43)cc2)cc1. The Kier molecular flexibility index (Phi) is 9.51. The molecule has 1 aliphatic carbocycles. The molecule has 1 unspecified atom stereocenters. The number of benzene rings is 8. The second kappa shape index (κ2) is 15.8. The quantitative estimate of drug-likeness (QED) is 0.154. The van der Waals surface area contributed by atoms with Crippen molar-refractivity contribution in [3.8, 4) is 78.4 Å². The van der Waals surface area contributed by atoms with Crippen LogP contribution in [0.5, 0.6) is 0 Å². The summed E-state index contributed by atoms with van der Waals surface area (Å²) in [6, 6.07) is 78.6. The Morgan fingerprint density at radius 3 is 1.48 bits per heavy atom. The highest BCUT2D eigenvalue weighted by atomic mass is 14.9. The normalized spacial score (nSPS) is 13.9. The molecule has 0 saturated heterocycles. The Balaban J connectivity index is 1.02. The largest absolute Gasteiger partial charge is 0.261 e. The summed E-state index contributed by atoms with van der Waals surface area (Å²) < 4.78 is 0. The molecule has 10 aromatic rings. The van der Waals surface area contributed by atoms with Crippen molar-refractivity contribution in [3.05, 3.63) is 258 Å². The fourth-order valence-corrected chi connectivity index (χ4v) is 9.72. The molecular weight excluding hydrogens is 763 g/mol. The van der Waals surface area contributed by atoms with Gasteiger partial charge in [-0.1, -0.05) is 200 Å². The minimum Gasteiger partial charge on any atom is -0.261 e. The van der Waals surface area contributed by atoms with E-state index in [2.05, 4.69) is 225 Å². The number of pyridine rings is 1. The van der Waals surface area contributed by atoms with Crippen LogP contribution in [0.15, 0.2) is 225 Å². The van der Waals surface area contributed by atoms with Crippen molar-refractivity contribution < 1.29 is 0 Å². The molecule has 3 nitrogen and oxygen atoms in total. The lowest BCUT2D eigenvalue weighted by Crippen LogP contribution is -2.28. The lowest BCUT2D eigenvalue weighted by molar-refractivity contribution is 0.768. The second-order valence-electron chi connectivity index (χ2n) is 16.4. The van der Waals surface area contributed by atoms with Gasteiger partial charge in [-0.25, -0.2) is 9.97 Å². The minimum absolute atomic E-state index is 0.532. The molecule has 2 aromatic heterocycles. The predicted octanol–water partition coefficient (Wildman–Crippen LogP) is 14.9.